The molecule has 0 aliphatic rings. The van der Waals surface area contributed by atoms with Gasteiger partial charge in [-0.15, -0.1) is 0 Å². The molecule has 2 aromatic carbocycles. The summed E-state index contributed by atoms with van der Waals surface area (Å²) in [7, 11) is 1.84. The first-order valence-electron chi connectivity index (χ1n) is 10.6. The summed E-state index contributed by atoms with van der Waals surface area (Å²) in [6.07, 6.45) is 4.44. The van der Waals surface area contributed by atoms with Crippen molar-refractivity contribution in [1.29, 1.82) is 0 Å². The third-order valence-electron chi connectivity index (χ3n) is 6.23. The fraction of sp³-hybridized carbons (Fsp3) is 0.0800. The van der Waals surface area contributed by atoms with Crippen molar-refractivity contribution in [2.45, 2.75) is 6.54 Å². The van der Waals surface area contributed by atoms with Crippen LogP contribution in [0.25, 0.3) is 44.0 Å². The summed E-state index contributed by atoms with van der Waals surface area (Å²) in [5.41, 5.74) is 2.11. The van der Waals surface area contributed by atoms with Crippen molar-refractivity contribution in [3.8, 4) is 11.1 Å². The van der Waals surface area contributed by atoms with Gasteiger partial charge >= 0.3 is 5.97 Å². The van der Waals surface area contributed by atoms with Crippen LogP contribution in [0.2, 0.25) is 5.02 Å². The summed E-state index contributed by atoms with van der Waals surface area (Å²) in [4.78, 5) is 32.3. The molecule has 0 aliphatic carbocycles. The molecule has 0 saturated carbocycles. The number of carboxylic acids is 1. The lowest BCUT2D eigenvalue weighted by atomic mass is 10.0. The monoisotopic (exact) mass is 490 g/mol. The molecule has 0 unspecified atom stereocenters. The van der Waals surface area contributed by atoms with Crippen molar-refractivity contribution in [3.05, 3.63) is 87.6 Å². The largest absolute Gasteiger partial charge is 0.477 e. The topological polar surface area (TPSA) is 106 Å². The third-order valence-corrected chi connectivity index (χ3v) is 6.58. The number of imidazole rings is 1. The predicted octanol–water partition coefficient (Wildman–Crippen LogP) is 5.17. The first-order chi connectivity index (χ1) is 16.8. The Hall–Kier alpha value is -4.37. The fourth-order valence-corrected chi connectivity index (χ4v) is 4.87. The number of H-pyrrole nitrogens is 1. The van der Waals surface area contributed by atoms with Gasteiger partial charge in [-0.05, 0) is 42.0 Å². The number of rotatable bonds is 4. The maximum Gasteiger partial charge on any atom is 0.353 e. The molecule has 0 saturated heterocycles. The number of aromatic carboxylic acids is 1. The number of fused-ring (bicyclic) bond motifs is 4. The highest BCUT2D eigenvalue weighted by Gasteiger charge is 2.29. The molecule has 0 aliphatic heterocycles. The van der Waals surface area contributed by atoms with Crippen molar-refractivity contribution in [3.63, 3.8) is 0 Å². The van der Waals surface area contributed by atoms with E-state index in [1.807, 2.05) is 11.6 Å². The molecule has 8 nitrogen and oxygen atoms in total. The molecule has 35 heavy (non-hydrogen) atoms. The van der Waals surface area contributed by atoms with Crippen LogP contribution in [0.1, 0.15) is 16.1 Å². The molecule has 4 aromatic heterocycles. The number of nitrogens with one attached hydrogen (secondary N) is 1. The minimum Gasteiger partial charge on any atom is -0.477 e. The molecule has 2 N–H and O–H groups in total. The second kappa shape index (κ2) is 7.57. The summed E-state index contributed by atoms with van der Waals surface area (Å²) < 4.78 is 23.9. The van der Waals surface area contributed by atoms with Gasteiger partial charge < -0.3 is 23.6 Å². The molecule has 6 rings (SSSR count). The van der Waals surface area contributed by atoms with E-state index in [0.29, 0.717) is 21.5 Å². The molecule has 0 amide bonds. The second-order valence-corrected chi connectivity index (χ2v) is 8.64. The van der Waals surface area contributed by atoms with Gasteiger partial charge in [0.05, 0.1) is 45.5 Å². The molecular formula is C25H16ClFN4O4. The number of hydrogen-bond donors (Lipinski definition) is 2. The standard InChI is InChI=1S/C25H16ClFN4O4/c1-30-11-29-17-7-12(15(26)8-18(17)30)10-31-19-9-16(27)13-4-6-35-23(13)21(19)20(22(31)25(33)34)14-3-2-5-28-24(14)32/h2-9,11H,10H2,1H3,(H,28,32)(H,33,34). The Morgan fingerprint density at radius 2 is 2.09 bits per heavy atom. The van der Waals surface area contributed by atoms with Gasteiger partial charge in [-0.2, -0.15) is 0 Å². The number of furan rings is 1. The first kappa shape index (κ1) is 21.2. The summed E-state index contributed by atoms with van der Waals surface area (Å²) >= 11 is 6.57. The van der Waals surface area contributed by atoms with E-state index in [1.54, 1.807) is 24.5 Å². The molecule has 0 bridgehead atoms. The van der Waals surface area contributed by atoms with Gasteiger partial charge in [-0.1, -0.05) is 11.6 Å². The number of aryl methyl sites for hydroxylation is 1. The van der Waals surface area contributed by atoms with E-state index in [9.17, 15) is 14.7 Å². The maximum absolute atomic E-state index is 15.1. The highest BCUT2D eigenvalue weighted by atomic mass is 35.5. The van der Waals surface area contributed by atoms with Crippen LogP contribution in [0.15, 0.2) is 64.4 Å². The first-order valence-corrected chi connectivity index (χ1v) is 11.0. The van der Waals surface area contributed by atoms with E-state index in [4.69, 9.17) is 16.0 Å². The molecule has 0 atom stereocenters. The number of hydrogen-bond acceptors (Lipinski definition) is 4. The van der Waals surface area contributed by atoms with Crippen molar-refractivity contribution < 1.29 is 18.7 Å². The van der Waals surface area contributed by atoms with Gasteiger partial charge in [0.15, 0.2) is 0 Å². The minimum absolute atomic E-state index is 0.000124. The summed E-state index contributed by atoms with van der Waals surface area (Å²) in [6, 6.07) is 9.36. The van der Waals surface area contributed by atoms with Crippen LogP contribution in [0.4, 0.5) is 4.39 Å². The quantitative estimate of drug-likeness (QED) is 0.354. The SMILES string of the molecule is Cn1cnc2cc(Cn3c(C(=O)O)c(-c4ccc[nH]c4=O)c4c5occc5c(F)cc43)c(Cl)cc21. The van der Waals surface area contributed by atoms with Gasteiger partial charge in [0.25, 0.3) is 5.56 Å². The van der Waals surface area contributed by atoms with Crippen molar-refractivity contribution in [2.24, 2.45) is 7.05 Å². The van der Waals surface area contributed by atoms with E-state index < -0.39 is 17.3 Å². The highest BCUT2D eigenvalue weighted by Crippen LogP contribution is 2.40. The van der Waals surface area contributed by atoms with Gasteiger partial charge in [-0.3, -0.25) is 4.79 Å². The predicted molar refractivity (Wildman–Crippen MR) is 130 cm³/mol. The lowest BCUT2D eigenvalue weighted by Crippen LogP contribution is -2.13. The molecule has 0 fully saturated rings. The zero-order valence-electron chi connectivity index (χ0n) is 18.2. The summed E-state index contributed by atoms with van der Waals surface area (Å²) in [5.74, 6) is -1.86. The number of pyridine rings is 1. The van der Waals surface area contributed by atoms with Crippen molar-refractivity contribution in [2.75, 3.05) is 0 Å². The van der Waals surface area contributed by atoms with Crippen LogP contribution < -0.4 is 5.56 Å². The van der Waals surface area contributed by atoms with Crippen LogP contribution in [-0.4, -0.2) is 30.2 Å². The normalized spacial score (nSPS) is 11.7. The Bertz CT molecular complexity index is 1880. The zero-order valence-corrected chi connectivity index (χ0v) is 18.9. The number of carboxylic acid groups (broad SMARTS) is 1. The molecule has 0 radical (unpaired) electrons. The van der Waals surface area contributed by atoms with Gasteiger partial charge in [-0.25, -0.2) is 14.2 Å². The lowest BCUT2D eigenvalue weighted by molar-refractivity contribution is 0.0687. The van der Waals surface area contributed by atoms with Gasteiger partial charge in [0, 0.05) is 30.4 Å². The van der Waals surface area contributed by atoms with Crippen LogP contribution in [0.5, 0.6) is 0 Å². The molecule has 10 heteroatoms. The zero-order chi connectivity index (χ0) is 24.4. The van der Waals surface area contributed by atoms with Gasteiger partial charge in [0.1, 0.15) is 17.1 Å². The molecule has 174 valence electrons. The molecule has 0 spiro atoms. The average molecular weight is 491 g/mol. The Balaban J connectivity index is 1.73. The maximum atomic E-state index is 15.1. The summed E-state index contributed by atoms with van der Waals surface area (Å²) in [6.45, 7) is -0.000124. The molecular weight excluding hydrogens is 475 g/mol. The van der Waals surface area contributed by atoms with E-state index in [-0.39, 0.29) is 39.9 Å². The van der Waals surface area contributed by atoms with Crippen LogP contribution in [0, 0.1) is 5.82 Å². The Morgan fingerprint density at radius 1 is 1.26 bits per heavy atom. The number of benzene rings is 2. The lowest BCUT2D eigenvalue weighted by Gasteiger charge is -2.11. The van der Waals surface area contributed by atoms with E-state index >= 15 is 4.39 Å². The Labute approximate surface area is 200 Å². The number of aromatic nitrogens is 4. The number of aromatic amines is 1. The van der Waals surface area contributed by atoms with Crippen molar-refractivity contribution in [1.82, 2.24) is 19.1 Å². The van der Waals surface area contributed by atoms with Crippen molar-refractivity contribution >= 4 is 50.5 Å². The highest BCUT2D eigenvalue weighted by molar-refractivity contribution is 6.32. The Kier molecular flexibility index (Phi) is 4.58. The van der Waals surface area contributed by atoms with Gasteiger partial charge in [0.2, 0.25) is 0 Å². The fourth-order valence-electron chi connectivity index (χ4n) is 4.66. The Morgan fingerprint density at radius 3 is 2.86 bits per heavy atom. The number of nitrogens with zero attached hydrogens (tertiary/aromatic N) is 3. The van der Waals surface area contributed by atoms with Crippen LogP contribution in [-0.2, 0) is 13.6 Å². The van der Waals surface area contributed by atoms with E-state index in [1.165, 1.54) is 35.2 Å². The number of carbonyl (C=O) groups is 1. The smallest absolute Gasteiger partial charge is 0.353 e. The van der Waals surface area contributed by atoms with Crippen LogP contribution in [0.3, 0.4) is 0 Å². The number of halogens is 2. The second-order valence-electron chi connectivity index (χ2n) is 8.23. The third kappa shape index (κ3) is 3.08. The van der Waals surface area contributed by atoms with E-state index in [0.717, 1.165) is 5.52 Å². The summed E-state index contributed by atoms with van der Waals surface area (Å²) in [5, 5.41) is 11.2. The minimum atomic E-state index is -1.28. The average Bonchev–Trinajstić information content (AvgIpc) is 3.52. The molecule has 6 aromatic rings. The molecule has 4 heterocycles. The van der Waals surface area contributed by atoms with Crippen LogP contribution >= 0.6 is 11.6 Å². The van der Waals surface area contributed by atoms with E-state index in [2.05, 4.69) is 9.97 Å².